The topological polar surface area (TPSA) is 43.6 Å². The number of para-hydroxylation sites is 1. The van der Waals surface area contributed by atoms with Crippen LogP contribution in [0, 0.1) is 0 Å². The molecule has 3 aromatic heterocycles. The molecule has 45 heavy (non-hydrogen) atoms. The zero-order chi connectivity index (χ0) is 29.7. The number of fused-ring (bicyclic) bond motifs is 4. The predicted molar refractivity (Wildman–Crippen MR) is 185 cm³/mol. The lowest BCUT2D eigenvalue weighted by atomic mass is 9.86. The summed E-state index contributed by atoms with van der Waals surface area (Å²) in [5, 5.41) is 12.0. The maximum Gasteiger partial charge on any atom is 0.0928 e. The van der Waals surface area contributed by atoms with Crippen molar-refractivity contribution in [2.24, 2.45) is 0 Å². The van der Waals surface area contributed by atoms with Gasteiger partial charge in [-0.15, -0.1) is 0 Å². The highest BCUT2D eigenvalue weighted by atomic mass is 15.3. The highest BCUT2D eigenvalue weighted by Gasteiger charge is 2.17. The van der Waals surface area contributed by atoms with E-state index in [4.69, 9.17) is 10.1 Å². The summed E-state index contributed by atoms with van der Waals surface area (Å²) in [5.74, 6) is 0. The van der Waals surface area contributed by atoms with E-state index in [1.807, 2.05) is 29.2 Å². The van der Waals surface area contributed by atoms with Gasteiger partial charge in [0.25, 0.3) is 0 Å². The quantitative estimate of drug-likeness (QED) is 0.196. The van der Waals surface area contributed by atoms with Gasteiger partial charge in [-0.25, -0.2) is 4.68 Å². The SMILES string of the molecule is c1cncc(-c2ccc(-n3cc4cc(-c5c6ccccc6c(-c6cnc7ccccc7c6)c6ccccc56)ccc4n3)cc2)c1. The summed E-state index contributed by atoms with van der Waals surface area (Å²) in [6, 6.07) is 47.2. The van der Waals surface area contributed by atoms with E-state index in [1.165, 1.54) is 38.2 Å². The third-order valence-electron chi connectivity index (χ3n) is 8.73. The molecule has 0 saturated heterocycles. The fourth-order valence-corrected chi connectivity index (χ4v) is 6.61. The van der Waals surface area contributed by atoms with Crippen LogP contribution in [-0.2, 0) is 0 Å². The number of hydrogen-bond acceptors (Lipinski definition) is 3. The lowest BCUT2D eigenvalue weighted by Gasteiger charge is -2.17. The molecular weight excluding hydrogens is 548 g/mol. The summed E-state index contributed by atoms with van der Waals surface area (Å²) in [6.45, 7) is 0. The Morgan fingerprint density at radius 1 is 0.444 bits per heavy atom. The first-order valence-electron chi connectivity index (χ1n) is 15.1. The van der Waals surface area contributed by atoms with Crippen molar-refractivity contribution in [3.63, 3.8) is 0 Å². The fourth-order valence-electron chi connectivity index (χ4n) is 6.61. The summed E-state index contributed by atoms with van der Waals surface area (Å²) in [4.78, 5) is 9.07. The molecule has 6 aromatic carbocycles. The molecule has 0 atom stereocenters. The second-order valence-electron chi connectivity index (χ2n) is 11.4. The van der Waals surface area contributed by atoms with Gasteiger partial charge in [-0.05, 0) is 91.8 Å². The van der Waals surface area contributed by atoms with Crippen LogP contribution in [-0.4, -0.2) is 19.7 Å². The molecule has 9 aromatic rings. The molecule has 0 saturated carbocycles. The number of benzene rings is 6. The molecule has 0 bridgehead atoms. The van der Waals surface area contributed by atoms with Crippen molar-refractivity contribution in [1.82, 2.24) is 19.7 Å². The number of hydrogen-bond donors (Lipinski definition) is 0. The minimum Gasteiger partial charge on any atom is -0.264 e. The first kappa shape index (κ1) is 25.4. The normalized spacial score (nSPS) is 11.6. The Balaban J connectivity index is 1.20. The van der Waals surface area contributed by atoms with Crippen molar-refractivity contribution in [2.45, 2.75) is 0 Å². The van der Waals surface area contributed by atoms with E-state index < -0.39 is 0 Å². The molecule has 0 fully saturated rings. The zero-order valence-electron chi connectivity index (χ0n) is 24.3. The monoisotopic (exact) mass is 574 g/mol. The molecule has 0 aliphatic rings. The molecule has 0 spiro atoms. The molecule has 0 N–H and O–H groups in total. The van der Waals surface area contributed by atoms with E-state index in [-0.39, 0.29) is 0 Å². The highest BCUT2D eigenvalue weighted by molar-refractivity contribution is 6.21. The molecule has 0 aliphatic carbocycles. The van der Waals surface area contributed by atoms with E-state index in [9.17, 15) is 0 Å². The largest absolute Gasteiger partial charge is 0.264 e. The average molecular weight is 575 g/mol. The van der Waals surface area contributed by atoms with Crippen molar-refractivity contribution < 1.29 is 0 Å². The minimum atomic E-state index is 0.961. The Morgan fingerprint density at radius 2 is 1.09 bits per heavy atom. The zero-order valence-corrected chi connectivity index (χ0v) is 24.3. The van der Waals surface area contributed by atoms with Gasteiger partial charge in [-0.2, -0.15) is 5.10 Å². The maximum absolute atomic E-state index is 4.92. The van der Waals surface area contributed by atoms with Crippen molar-refractivity contribution in [3.05, 3.63) is 158 Å². The Kier molecular flexibility index (Phi) is 5.78. The first-order valence-corrected chi connectivity index (χ1v) is 15.1. The summed E-state index contributed by atoms with van der Waals surface area (Å²) in [6.07, 6.45) is 7.82. The molecule has 9 rings (SSSR count). The molecule has 4 heteroatoms. The molecule has 0 amide bonds. The molecule has 0 aliphatic heterocycles. The van der Waals surface area contributed by atoms with Gasteiger partial charge >= 0.3 is 0 Å². The third-order valence-corrected chi connectivity index (χ3v) is 8.73. The molecule has 0 unspecified atom stereocenters. The van der Waals surface area contributed by atoms with Crippen LogP contribution in [0.1, 0.15) is 0 Å². The van der Waals surface area contributed by atoms with E-state index in [0.717, 1.165) is 44.2 Å². The van der Waals surface area contributed by atoms with E-state index in [0.29, 0.717) is 0 Å². The minimum absolute atomic E-state index is 0.961. The standard InChI is InChI=1S/C41H26N4/c1-6-14-38-28(8-1)22-31(25-43-38)41-36-12-4-2-10-34(36)40(35-11-3-5-13-37(35)41)29-17-20-39-32(23-29)26-45(44-39)33-18-15-27(16-19-33)30-9-7-21-42-24-30/h1-26H. The molecule has 0 radical (unpaired) electrons. The summed E-state index contributed by atoms with van der Waals surface area (Å²) >= 11 is 0. The van der Waals surface area contributed by atoms with Crippen molar-refractivity contribution in [2.75, 3.05) is 0 Å². The van der Waals surface area contributed by atoms with Crippen LogP contribution in [0.3, 0.4) is 0 Å². The van der Waals surface area contributed by atoms with Crippen molar-refractivity contribution in [3.8, 4) is 39.1 Å². The number of pyridine rings is 2. The highest BCUT2D eigenvalue weighted by Crippen LogP contribution is 2.44. The smallest absolute Gasteiger partial charge is 0.0928 e. The predicted octanol–water partition coefficient (Wildman–Crippen LogP) is 10.3. The average Bonchev–Trinajstić information content (AvgIpc) is 3.54. The van der Waals surface area contributed by atoms with Crippen LogP contribution < -0.4 is 0 Å². The molecule has 4 nitrogen and oxygen atoms in total. The van der Waals surface area contributed by atoms with E-state index in [1.54, 1.807) is 6.20 Å². The fraction of sp³-hybridized carbons (Fsp3) is 0. The van der Waals surface area contributed by atoms with Crippen LogP contribution in [0.2, 0.25) is 0 Å². The van der Waals surface area contributed by atoms with Gasteiger partial charge in [0.1, 0.15) is 0 Å². The van der Waals surface area contributed by atoms with Crippen LogP contribution >= 0.6 is 0 Å². The van der Waals surface area contributed by atoms with Gasteiger partial charge in [-0.3, -0.25) is 9.97 Å². The summed E-state index contributed by atoms with van der Waals surface area (Å²) < 4.78 is 1.97. The second kappa shape index (κ2) is 10.2. The van der Waals surface area contributed by atoms with E-state index in [2.05, 4.69) is 133 Å². The number of nitrogens with zero attached hydrogens (tertiary/aromatic N) is 4. The van der Waals surface area contributed by atoms with Crippen molar-refractivity contribution >= 4 is 43.4 Å². The third kappa shape index (κ3) is 4.27. The first-order chi connectivity index (χ1) is 22.3. The summed E-state index contributed by atoms with van der Waals surface area (Å²) in [7, 11) is 0. The molecular formula is C41H26N4. The number of aromatic nitrogens is 4. The van der Waals surface area contributed by atoms with Gasteiger partial charge < -0.3 is 0 Å². The number of rotatable bonds is 4. The Bertz CT molecular complexity index is 2470. The van der Waals surface area contributed by atoms with E-state index >= 15 is 0 Å². The van der Waals surface area contributed by atoms with Gasteiger partial charge in [0.05, 0.1) is 16.7 Å². The Labute approximate surface area is 259 Å². The second-order valence-corrected chi connectivity index (χ2v) is 11.4. The van der Waals surface area contributed by atoms with Gasteiger partial charge in [0.15, 0.2) is 0 Å². The van der Waals surface area contributed by atoms with Crippen molar-refractivity contribution in [1.29, 1.82) is 0 Å². The van der Waals surface area contributed by atoms with Crippen LogP contribution in [0.15, 0.2) is 158 Å². The van der Waals surface area contributed by atoms with Crippen LogP contribution in [0.25, 0.3) is 82.4 Å². The van der Waals surface area contributed by atoms with Gasteiger partial charge in [0, 0.05) is 41.1 Å². The lowest BCUT2D eigenvalue weighted by molar-refractivity contribution is 0.896. The van der Waals surface area contributed by atoms with Gasteiger partial charge in [-0.1, -0.05) is 91.0 Å². The van der Waals surface area contributed by atoms with Crippen LogP contribution in [0.5, 0.6) is 0 Å². The molecule has 3 heterocycles. The maximum atomic E-state index is 4.92. The Hall–Kier alpha value is -6.13. The Morgan fingerprint density at radius 3 is 1.80 bits per heavy atom. The summed E-state index contributed by atoms with van der Waals surface area (Å²) in [5.41, 5.74) is 9.95. The molecule has 210 valence electrons. The van der Waals surface area contributed by atoms with Crippen LogP contribution in [0.4, 0.5) is 0 Å². The lowest BCUT2D eigenvalue weighted by Crippen LogP contribution is -1.93. The van der Waals surface area contributed by atoms with Gasteiger partial charge in [0.2, 0.25) is 0 Å².